The first-order chi connectivity index (χ1) is 13.8. The van der Waals surface area contributed by atoms with Gasteiger partial charge in [-0.15, -0.1) is 0 Å². The van der Waals surface area contributed by atoms with Gasteiger partial charge in [-0.05, 0) is 47.7 Å². The van der Waals surface area contributed by atoms with Crippen LogP contribution in [0.5, 0.6) is 0 Å². The van der Waals surface area contributed by atoms with Crippen LogP contribution in [0.3, 0.4) is 0 Å². The SMILES string of the molecule is O=C(CCCCCN1CC=C(c2ccccc2)CC1)n1cc2ccccc2c1. The summed E-state index contributed by atoms with van der Waals surface area (Å²) in [5, 5.41) is 2.26. The number of hydrogen-bond acceptors (Lipinski definition) is 2. The minimum absolute atomic E-state index is 0.199. The number of nitrogens with zero attached hydrogens (tertiary/aromatic N) is 2. The average Bonchev–Trinajstić information content (AvgIpc) is 3.19. The molecule has 0 atom stereocenters. The molecule has 0 N–H and O–H groups in total. The second kappa shape index (κ2) is 9.03. The Bertz CT molecular complexity index is 922. The lowest BCUT2D eigenvalue weighted by Gasteiger charge is -2.26. The van der Waals surface area contributed by atoms with Crippen LogP contribution < -0.4 is 0 Å². The Morgan fingerprint density at radius 3 is 2.25 bits per heavy atom. The van der Waals surface area contributed by atoms with Crippen molar-refractivity contribution in [2.24, 2.45) is 0 Å². The van der Waals surface area contributed by atoms with Crippen LogP contribution in [-0.2, 0) is 0 Å². The molecule has 144 valence electrons. The van der Waals surface area contributed by atoms with E-state index in [1.54, 1.807) is 4.57 Å². The molecule has 2 heterocycles. The van der Waals surface area contributed by atoms with Crippen LogP contribution in [0, 0.1) is 0 Å². The van der Waals surface area contributed by atoms with Crippen LogP contribution >= 0.6 is 0 Å². The van der Waals surface area contributed by atoms with Gasteiger partial charge in [0.15, 0.2) is 0 Å². The Morgan fingerprint density at radius 2 is 1.57 bits per heavy atom. The first-order valence-corrected chi connectivity index (χ1v) is 10.4. The van der Waals surface area contributed by atoms with Crippen LogP contribution in [-0.4, -0.2) is 35.0 Å². The largest absolute Gasteiger partial charge is 0.299 e. The quantitative estimate of drug-likeness (QED) is 0.502. The first-order valence-electron chi connectivity index (χ1n) is 10.4. The molecule has 3 heteroatoms. The predicted molar refractivity (Wildman–Crippen MR) is 117 cm³/mol. The molecule has 4 rings (SSSR count). The Balaban J connectivity index is 1.16. The number of aromatic nitrogens is 1. The van der Waals surface area contributed by atoms with Gasteiger partial charge in [0.1, 0.15) is 0 Å². The smallest absolute Gasteiger partial charge is 0.230 e. The molecular formula is C25H28N2O. The second-order valence-corrected chi connectivity index (χ2v) is 7.64. The summed E-state index contributed by atoms with van der Waals surface area (Å²) >= 11 is 0. The van der Waals surface area contributed by atoms with Crippen LogP contribution in [0.15, 0.2) is 73.1 Å². The highest BCUT2D eigenvalue weighted by molar-refractivity contribution is 5.89. The summed E-state index contributed by atoms with van der Waals surface area (Å²) in [6.45, 7) is 3.30. The molecule has 0 spiro atoms. The summed E-state index contributed by atoms with van der Waals surface area (Å²) in [6, 6.07) is 18.8. The van der Waals surface area contributed by atoms with Gasteiger partial charge in [0.25, 0.3) is 0 Å². The van der Waals surface area contributed by atoms with Crippen molar-refractivity contribution in [1.82, 2.24) is 9.47 Å². The zero-order valence-corrected chi connectivity index (χ0v) is 16.4. The van der Waals surface area contributed by atoms with E-state index in [1.807, 2.05) is 24.5 Å². The fourth-order valence-electron chi connectivity index (χ4n) is 3.97. The molecule has 0 amide bonds. The minimum Gasteiger partial charge on any atom is -0.299 e. The number of fused-ring (bicyclic) bond motifs is 1. The molecule has 2 aromatic carbocycles. The molecule has 0 saturated carbocycles. The highest BCUT2D eigenvalue weighted by atomic mass is 16.1. The van der Waals surface area contributed by atoms with Crippen LogP contribution in [0.1, 0.15) is 42.5 Å². The lowest BCUT2D eigenvalue weighted by atomic mass is 9.99. The number of benzene rings is 2. The fraction of sp³-hybridized carbons (Fsp3) is 0.320. The number of carbonyl (C=O) groups excluding carboxylic acids is 1. The Labute approximate surface area is 167 Å². The van der Waals surface area contributed by atoms with Crippen molar-refractivity contribution in [3.05, 3.63) is 78.6 Å². The first kappa shape index (κ1) is 18.7. The minimum atomic E-state index is 0.199. The van der Waals surface area contributed by atoms with Crippen molar-refractivity contribution in [1.29, 1.82) is 0 Å². The molecule has 1 aliphatic rings. The van der Waals surface area contributed by atoms with Gasteiger partial charge in [0, 0.05) is 31.9 Å². The number of hydrogen-bond donors (Lipinski definition) is 0. The van der Waals surface area contributed by atoms with E-state index in [4.69, 9.17) is 0 Å². The predicted octanol–water partition coefficient (Wildman–Crippen LogP) is 5.63. The molecule has 0 bridgehead atoms. The van der Waals surface area contributed by atoms with Gasteiger partial charge >= 0.3 is 0 Å². The highest BCUT2D eigenvalue weighted by Gasteiger charge is 2.12. The van der Waals surface area contributed by atoms with Gasteiger partial charge in [-0.2, -0.15) is 0 Å². The van der Waals surface area contributed by atoms with Gasteiger partial charge in [0.2, 0.25) is 5.91 Å². The van der Waals surface area contributed by atoms with Gasteiger partial charge < -0.3 is 0 Å². The molecule has 1 aromatic heterocycles. The third-order valence-corrected chi connectivity index (χ3v) is 5.64. The van der Waals surface area contributed by atoms with E-state index in [9.17, 15) is 4.79 Å². The summed E-state index contributed by atoms with van der Waals surface area (Å²) in [4.78, 5) is 14.9. The summed E-state index contributed by atoms with van der Waals surface area (Å²) in [6.07, 6.45) is 11.3. The van der Waals surface area contributed by atoms with Crippen LogP contribution in [0.25, 0.3) is 16.3 Å². The van der Waals surface area contributed by atoms with E-state index < -0.39 is 0 Å². The molecule has 28 heavy (non-hydrogen) atoms. The summed E-state index contributed by atoms with van der Waals surface area (Å²) in [7, 11) is 0. The Kier molecular flexibility index (Phi) is 6.03. The van der Waals surface area contributed by atoms with Crippen LogP contribution in [0.2, 0.25) is 0 Å². The maximum atomic E-state index is 12.4. The van der Waals surface area contributed by atoms with E-state index in [2.05, 4.69) is 53.4 Å². The van der Waals surface area contributed by atoms with Crippen LogP contribution in [0.4, 0.5) is 0 Å². The maximum Gasteiger partial charge on any atom is 0.230 e. The van der Waals surface area contributed by atoms with Gasteiger partial charge in [-0.3, -0.25) is 14.3 Å². The van der Waals surface area contributed by atoms with Crippen molar-refractivity contribution < 1.29 is 4.79 Å². The van der Waals surface area contributed by atoms with E-state index in [0.717, 1.165) is 56.1 Å². The molecule has 1 aliphatic heterocycles. The Morgan fingerprint density at radius 1 is 0.857 bits per heavy atom. The Hall–Kier alpha value is -2.65. The van der Waals surface area contributed by atoms with Gasteiger partial charge in [0.05, 0.1) is 0 Å². The maximum absolute atomic E-state index is 12.4. The molecular weight excluding hydrogens is 344 g/mol. The lowest BCUT2D eigenvalue weighted by molar-refractivity contribution is 0.0899. The standard InChI is InChI=1S/C25H28N2O/c28-25(27-19-23-11-6-7-12-24(23)20-27)13-5-2-8-16-26-17-14-22(15-18-26)21-9-3-1-4-10-21/h1,3-4,6-7,9-12,14,19-20H,2,5,8,13,15-18H2. The zero-order chi connectivity index (χ0) is 19.2. The number of unbranched alkanes of at least 4 members (excludes halogenated alkanes) is 2. The molecule has 0 radical (unpaired) electrons. The monoisotopic (exact) mass is 372 g/mol. The van der Waals surface area contributed by atoms with Crippen molar-refractivity contribution in [3.8, 4) is 0 Å². The summed E-state index contributed by atoms with van der Waals surface area (Å²) in [5.41, 5.74) is 2.83. The number of carbonyl (C=O) groups is 1. The summed E-state index contributed by atoms with van der Waals surface area (Å²) < 4.78 is 1.76. The van der Waals surface area contributed by atoms with Gasteiger partial charge in [-0.25, -0.2) is 0 Å². The third kappa shape index (κ3) is 4.60. The van der Waals surface area contributed by atoms with E-state index in [1.165, 1.54) is 11.1 Å². The third-order valence-electron chi connectivity index (χ3n) is 5.64. The van der Waals surface area contributed by atoms with Crippen molar-refractivity contribution in [2.75, 3.05) is 19.6 Å². The number of rotatable bonds is 7. The van der Waals surface area contributed by atoms with Crippen molar-refractivity contribution in [3.63, 3.8) is 0 Å². The molecule has 3 nitrogen and oxygen atoms in total. The second-order valence-electron chi connectivity index (χ2n) is 7.64. The molecule has 0 saturated heterocycles. The average molecular weight is 373 g/mol. The summed E-state index contributed by atoms with van der Waals surface area (Å²) in [5.74, 6) is 0.199. The molecule has 0 fully saturated rings. The fourth-order valence-corrected chi connectivity index (χ4v) is 3.97. The highest BCUT2D eigenvalue weighted by Crippen LogP contribution is 2.22. The van der Waals surface area contributed by atoms with E-state index >= 15 is 0 Å². The lowest BCUT2D eigenvalue weighted by Crippen LogP contribution is -2.29. The zero-order valence-electron chi connectivity index (χ0n) is 16.4. The van der Waals surface area contributed by atoms with E-state index in [-0.39, 0.29) is 5.91 Å². The molecule has 0 aliphatic carbocycles. The normalized spacial score (nSPS) is 14.9. The van der Waals surface area contributed by atoms with Gasteiger partial charge in [-0.1, -0.05) is 67.1 Å². The van der Waals surface area contributed by atoms with Crippen molar-refractivity contribution in [2.45, 2.75) is 32.1 Å². The molecule has 0 unspecified atom stereocenters. The van der Waals surface area contributed by atoms with E-state index in [0.29, 0.717) is 6.42 Å². The topological polar surface area (TPSA) is 25.2 Å². The molecule has 3 aromatic rings. The van der Waals surface area contributed by atoms with Crippen molar-refractivity contribution >= 4 is 22.3 Å².